The van der Waals surface area contributed by atoms with E-state index in [0.717, 1.165) is 43.5 Å². The number of aryl methyl sites for hydroxylation is 1. The van der Waals surface area contributed by atoms with Gasteiger partial charge in [0.2, 0.25) is 0 Å². The SMILES string of the molecule is Cc1ccc(C(O)C2CCOC3(CCSCC3)C2)nc1. The number of hydrogen-bond donors (Lipinski definition) is 1. The Morgan fingerprint density at radius 3 is 2.90 bits per heavy atom. The Bertz CT molecular complexity index is 437. The van der Waals surface area contributed by atoms with E-state index in [-0.39, 0.29) is 11.5 Å². The van der Waals surface area contributed by atoms with Crippen LogP contribution in [0.5, 0.6) is 0 Å². The lowest BCUT2D eigenvalue weighted by molar-refractivity contribution is -0.121. The van der Waals surface area contributed by atoms with Gasteiger partial charge >= 0.3 is 0 Å². The Labute approximate surface area is 125 Å². The van der Waals surface area contributed by atoms with Gasteiger partial charge in [0, 0.05) is 12.8 Å². The Morgan fingerprint density at radius 1 is 1.40 bits per heavy atom. The van der Waals surface area contributed by atoms with E-state index in [0.29, 0.717) is 0 Å². The minimum atomic E-state index is -0.453. The third kappa shape index (κ3) is 3.02. The van der Waals surface area contributed by atoms with Crippen molar-refractivity contribution in [2.45, 2.75) is 44.3 Å². The minimum absolute atomic E-state index is 0.0276. The maximum atomic E-state index is 10.6. The lowest BCUT2D eigenvalue weighted by Gasteiger charge is -2.44. The summed E-state index contributed by atoms with van der Waals surface area (Å²) in [6.45, 7) is 2.80. The molecule has 0 saturated carbocycles. The monoisotopic (exact) mass is 293 g/mol. The molecule has 1 aromatic heterocycles. The number of rotatable bonds is 2. The summed E-state index contributed by atoms with van der Waals surface area (Å²) in [5, 5.41) is 10.6. The van der Waals surface area contributed by atoms with Crippen LogP contribution in [0.25, 0.3) is 0 Å². The summed E-state index contributed by atoms with van der Waals surface area (Å²) in [6, 6.07) is 3.98. The molecule has 2 aliphatic rings. The highest BCUT2D eigenvalue weighted by atomic mass is 32.2. The number of aromatic nitrogens is 1. The molecule has 2 aliphatic heterocycles. The highest BCUT2D eigenvalue weighted by Crippen LogP contribution is 2.43. The molecule has 20 heavy (non-hydrogen) atoms. The van der Waals surface area contributed by atoms with Crippen LogP contribution < -0.4 is 0 Å². The van der Waals surface area contributed by atoms with Crippen molar-refractivity contribution in [2.24, 2.45) is 5.92 Å². The molecule has 1 spiro atoms. The quantitative estimate of drug-likeness (QED) is 0.910. The number of hydrogen-bond acceptors (Lipinski definition) is 4. The van der Waals surface area contributed by atoms with E-state index in [4.69, 9.17) is 4.74 Å². The highest BCUT2D eigenvalue weighted by Gasteiger charge is 2.41. The lowest BCUT2D eigenvalue weighted by Crippen LogP contribution is -2.44. The maximum Gasteiger partial charge on any atom is 0.0989 e. The molecule has 0 amide bonds. The molecule has 0 aliphatic carbocycles. The third-order valence-electron chi connectivity index (χ3n) is 4.62. The number of pyridine rings is 1. The number of aliphatic hydroxyl groups is 1. The predicted octanol–water partition coefficient (Wildman–Crippen LogP) is 3.12. The second-order valence-corrected chi connectivity index (χ2v) is 7.33. The molecule has 0 bridgehead atoms. The van der Waals surface area contributed by atoms with Gasteiger partial charge in [0.15, 0.2) is 0 Å². The Morgan fingerprint density at radius 2 is 2.20 bits per heavy atom. The molecular weight excluding hydrogens is 270 g/mol. The van der Waals surface area contributed by atoms with Gasteiger partial charge < -0.3 is 9.84 Å². The van der Waals surface area contributed by atoms with Crippen molar-refractivity contribution in [1.29, 1.82) is 0 Å². The molecular formula is C16H23NO2S. The molecule has 2 saturated heterocycles. The van der Waals surface area contributed by atoms with Crippen LogP contribution in [0, 0.1) is 12.8 Å². The topological polar surface area (TPSA) is 42.4 Å². The molecule has 0 radical (unpaired) electrons. The lowest BCUT2D eigenvalue weighted by atomic mass is 9.79. The maximum absolute atomic E-state index is 10.6. The molecule has 2 fully saturated rings. The van der Waals surface area contributed by atoms with Gasteiger partial charge in [0.25, 0.3) is 0 Å². The molecule has 2 unspecified atom stereocenters. The summed E-state index contributed by atoms with van der Waals surface area (Å²) in [5.41, 5.74) is 1.97. The molecule has 3 rings (SSSR count). The Hall–Kier alpha value is -0.580. The molecule has 4 heteroatoms. The zero-order valence-electron chi connectivity index (χ0n) is 12.0. The molecule has 110 valence electrons. The number of thioether (sulfide) groups is 1. The van der Waals surface area contributed by atoms with Gasteiger partial charge in [0.05, 0.1) is 17.4 Å². The standard InChI is InChI=1S/C16H23NO2S/c1-12-2-3-14(17-11-12)15(18)13-4-7-19-16(10-13)5-8-20-9-6-16/h2-3,11,13,15,18H,4-10H2,1H3. The fourth-order valence-electron chi connectivity index (χ4n) is 3.32. The van der Waals surface area contributed by atoms with Crippen LogP contribution in [-0.4, -0.2) is 33.8 Å². The Balaban J connectivity index is 1.71. The predicted molar refractivity (Wildman–Crippen MR) is 81.9 cm³/mol. The van der Waals surface area contributed by atoms with Crippen LogP contribution in [-0.2, 0) is 4.74 Å². The van der Waals surface area contributed by atoms with Gasteiger partial charge in [-0.25, -0.2) is 0 Å². The summed E-state index contributed by atoms with van der Waals surface area (Å²) in [7, 11) is 0. The van der Waals surface area contributed by atoms with E-state index in [9.17, 15) is 5.11 Å². The van der Waals surface area contributed by atoms with Crippen LogP contribution >= 0.6 is 11.8 Å². The zero-order chi connectivity index (χ0) is 14.0. The fraction of sp³-hybridized carbons (Fsp3) is 0.688. The molecule has 2 atom stereocenters. The van der Waals surface area contributed by atoms with Gasteiger partial charge in [-0.3, -0.25) is 4.98 Å². The van der Waals surface area contributed by atoms with E-state index in [1.807, 2.05) is 37.0 Å². The summed E-state index contributed by atoms with van der Waals surface area (Å²) >= 11 is 2.02. The second-order valence-electron chi connectivity index (χ2n) is 6.10. The second kappa shape index (κ2) is 6.04. The first-order valence-electron chi connectivity index (χ1n) is 7.51. The van der Waals surface area contributed by atoms with Crippen LogP contribution in [0.2, 0.25) is 0 Å². The van der Waals surface area contributed by atoms with E-state index in [2.05, 4.69) is 4.98 Å². The van der Waals surface area contributed by atoms with E-state index < -0.39 is 6.10 Å². The molecule has 1 aromatic rings. The van der Waals surface area contributed by atoms with Gasteiger partial charge in [-0.2, -0.15) is 11.8 Å². The minimum Gasteiger partial charge on any atom is -0.387 e. The van der Waals surface area contributed by atoms with Gasteiger partial charge in [-0.05, 0) is 61.7 Å². The average molecular weight is 293 g/mol. The molecule has 3 nitrogen and oxygen atoms in total. The van der Waals surface area contributed by atoms with Crippen molar-refractivity contribution in [3.8, 4) is 0 Å². The van der Waals surface area contributed by atoms with Crippen LogP contribution in [0.1, 0.15) is 43.0 Å². The van der Waals surface area contributed by atoms with E-state index in [1.165, 1.54) is 11.5 Å². The highest BCUT2D eigenvalue weighted by molar-refractivity contribution is 7.99. The number of aliphatic hydroxyl groups excluding tert-OH is 1. The first-order chi connectivity index (χ1) is 9.69. The summed E-state index contributed by atoms with van der Waals surface area (Å²) in [6.07, 6.45) is 5.55. The smallest absolute Gasteiger partial charge is 0.0989 e. The van der Waals surface area contributed by atoms with Gasteiger partial charge in [0.1, 0.15) is 0 Å². The van der Waals surface area contributed by atoms with Crippen molar-refractivity contribution in [3.05, 3.63) is 29.6 Å². The third-order valence-corrected chi connectivity index (χ3v) is 5.60. The van der Waals surface area contributed by atoms with Crippen LogP contribution in [0.3, 0.4) is 0 Å². The fourth-order valence-corrected chi connectivity index (χ4v) is 4.56. The summed E-state index contributed by atoms with van der Waals surface area (Å²) < 4.78 is 6.10. The van der Waals surface area contributed by atoms with E-state index in [1.54, 1.807) is 0 Å². The first kappa shape index (κ1) is 14.4. The largest absolute Gasteiger partial charge is 0.387 e. The molecule has 0 aromatic carbocycles. The summed E-state index contributed by atoms with van der Waals surface area (Å²) in [5.74, 6) is 2.65. The van der Waals surface area contributed by atoms with Crippen molar-refractivity contribution >= 4 is 11.8 Å². The van der Waals surface area contributed by atoms with Crippen molar-refractivity contribution < 1.29 is 9.84 Å². The summed E-state index contributed by atoms with van der Waals surface area (Å²) in [4.78, 5) is 4.39. The Kier molecular flexibility index (Phi) is 4.34. The van der Waals surface area contributed by atoms with Crippen molar-refractivity contribution in [2.75, 3.05) is 18.1 Å². The first-order valence-corrected chi connectivity index (χ1v) is 8.66. The van der Waals surface area contributed by atoms with Crippen molar-refractivity contribution in [3.63, 3.8) is 0 Å². The number of ether oxygens (including phenoxy) is 1. The normalized spacial score (nSPS) is 27.4. The molecule has 1 N–H and O–H groups in total. The number of nitrogens with zero attached hydrogens (tertiary/aromatic N) is 1. The van der Waals surface area contributed by atoms with Crippen LogP contribution in [0.15, 0.2) is 18.3 Å². The zero-order valence-corrected chi connectivity index (χ0v) is 12.9. The van der Waals surface area contributed by atoms with Crippen molar-refractivity contribution in [1.82, 2.24) is 4.98 Å². The molecule has 3 heterocycles. The van der Waals surface area contributed by atoms with Gasteiger partial charge in [-0.15, -0.1) is 0 Å². The van der Waals surface area contributed by atoms with Crippen LogP contribution in [0.4, 0.5) is 0 Å². The van der Waals surface area contributed by atoms with Gasteiger partial charge in [-0.1, -0.05) is 6.07 Å². The average Bonchev–Trinajstić information content (AvgIpc) is 2.48. The van der Waals surface area contributed by atoms with E-state index >= 15 is 0 Å².